The maximum atomic E-state index is 13.8. The van der Waals surface area contributed by atoms with Gasteiger partial charge >= 0.3 is 0 Å². The van der Waals surface area contributed by atoms with Crippen molar-refractivity contribution in [3.8, 4) is 0 Å². The first kappa shape index (κ1) is 16.2. The number of anilines is 1. The predicted octanol–water partition coefficient (Wildman–Crippen LogP) is 1.43. The van der Waals surface area contributed by atoms with Gasteiger partial charge in [0.15, 0.2) is 0 Å². The molecule has 1 aromatic rings. The number of sulfonamides is 1. The molecule has 1 heterocycles. The first-order valence-electron chi connectivity index (χ1n) is 6.92. The maximum Gasteiger partial charge on any atom is 0.243 e. The molecule has 1 aliphatic rings. The Morgan fingerprint density at radius 1 is 1.24 bits per heavy atom. The molecule has 0 saturated carbocycles. The summed E-state index contributed by atoms with van der Waals surface area (Å²) in [6.45, 7) is 6.19. The Hall–Kier alpha value is -1.18. The van der Waals surface area contributed by atoms with E-state index in [1.165, 1.54) is 17.3 Å². The van der Waals surface area contributed by atoms with Crippen LogP contribution in [0, 0.1) is 12.7 Å². The molecule has 1 saturated heterocycles. The van der Waals surface area contributed by atoms with Crippen LogP contribution in [0.2, 0.25) is 0 Å². The van der Waals surface area contributed by atoms with Crippen LogP contribution in [0.3, 0.4) is 0 Å². The predicted molar refractivity (Wildman–Crippen MR) is 81.0 cm³/mol. The van der Waals surface area contributed by atoms with E-state index in [0.717, 1.165) is 6.07 Å². The van der Waals surface area contributed by atoms with Crippen molar-refractivity contribution in [1.82, 2.24) is 9.21 Å². The molecule has 0 radical (unpaired) electrons. The Balaban J connectivity index is 2.44. The number of rotatable bonds is 2. The fourth-order valence-electron chi connectivity index (χ4n) is 2.63. The van der Waals surface area contributed by atoms with Crippen molar-refractivity contribution >= 4 is 15.7 Å². The van der Waals surface area contributed by atoms with Gasteiger partial charge in [-0.15, -0.1) is 0 Å². The molecule has 5 nitrogen and oxygen atoms in total. The molecule has 1 aromatic carbocycles. The van der Waals surface area contributed by atoms with Crippen LogP contribution in [0.1, 0.15) is 19.4 Å². The van der Waals surface area contributed by atoms with E-state index in [1.54, 1.807) is 0 Å². The van der Waals surface area contributed by atoms with Crippen LogP contribution in [-0.2, 0) is 10.0 Å². The fraction of sp³-hybridized carbons (Fsp3) is 0.571. The lowest BCUT2D eigenvalue weighted by Gasteiger charge is -2.41. The van der Waals surface area contributed by atoms with Crippen molar-refractivity contribution in [2.75, 3.05) is 25.9 Å². The summed E-state index contributed by atoms with van der Waals surface area (Å²) in [5.41, 5.74) is 5.83. The van der Waals surface area contributed by atoms with Crippen molar-refractivity contribution in [2.24, 2.45) is 0 Å². The van der Waals surface area contributed by atoms with Crippen LogP contribution >= 0.6 is 0 Å². The summed E-state index contributed by atoms with van der Waals surface area (Å²) in [5.74, 6) is -0.594. The van der Waals surface area contributed by atoms with Gasteiger partial charge in [-0.25, -0.2) is 12.8 Å². The highest BCUT2D eigenvalue weighted by atomic mass is 32.2. The van der Waals surface area contributed by atoms with Crippen LogP contribution in [0.4, 0.5) is 10.1 Å². The lowest BCUT2D eigenvalue weighted by atomic mass is 10.1. The van der Waals surface area contributed by atoms with E-state index in [1.807, 2.05) is 20.9 Å². The molecule has 0 bridgehead atoms. The van der Waals surface area contributed by atoms with Crippen LogP contribution in [-0.4, -0.2) is 49.8 Å². The third-order valence-corrected chi connectivity index (χ3v) is 6.22. The fourth-order valence-corrected chi connectivity index (χ4v) is 4.50. The maximum absolute atomic E-state index is 13.8. The van der Waals surface area contributed by atoms with Crippen LogP contribution in [0.15, 0.2) is 17.0 Å². The highest BCUT2D eigenvalue weighted by Gasteiger charge is 2.35. The second-order valence-corrected chi connectivity index (χ2v) is 7.72. The van der Waals surface area contributed by atoms with Gasteiger partial charge in [0, 0.05) is 36.4 Å². The molecular weight excluding hydrogens is 293 g/mol. The monoisotopic (exact) mass is 315 g/mol. The topological polar surface area (TPSA) is 66.6 Å². The van der Waals surface area contributed by atoms with E-state index in [2.05, 4.69) is 4.90 Å². The summed E-state index contributed by atoms with van der Waals surface area (Å²) in [4.78, 5) is 2.10. The Kier molecular flexibility index (Phi) is 4.28. The first-order valence-corrected chi connectivity index (χ1v) is 8.36. The Bertz CT molecular complexity index is 636. The molecule has 0 aliphatic carbocycles. The minimum absolute atomic E-state index is 0.0380. The first-order chi connectivity index (χ1) is 9.64. The summed E-state index contributed by atoms with van der Waals surface area (Å²) >= 11 is 0. The van der Waals surface area contributed by atoms with Crippen molar-refractivity contribution in [3.63, 3.8) is 0 Å². The summed E-state index contributed by atoms with van der Waals surface area (Å²) in [7, 11) is -1.76. The Labute approximate surface area is 125 Å². The largest absolute Gasteiger partial charge is 0.399 e. The number of nitrogens with zero attached hydrogens (tertiary/aromatic N) is 2. The second kappa shape index (κ2) is 5.55. The van der Waals surface area contributed by atoms with E-state index < -0.39 is 15.8 Å². The average Bonchev–Trinajstić information content (AvgIpc) is 2.39. The van der Waals surface area contributed by atoms with Crippen LogP contribution < -0.4 is 5.73 Å². The zero-order valence-electron chi connectivity index (χ0n) is 12.8. The molecule has 2 atom stereocenters. The number of benzene rings is 1. The molecule has 1 aliphatic heterocycles. The molecule has 21 heavy (non-hydrogen) atoms. The van der Waals surface area contributed by atoms with Crippen LogP contribution in [0.25, 0.3) is 0 Å². The quantitative estimate of drug-likeness (QED) is 0.839. The normalized spacial score (nSPS) is 25.2. The molecule has 2 unspecified atom stereocenters. The molecule has 1 fully saturated rings. The molecule has 7 heteroatoms. The second-order valence-electron chi connectivity index (χ2n) is 5.81. The molecule has 0 aromatic heterocycles. The van der Waals surface area contributed by atoms with Crippen LogP contribution in [0.5, 0.6) is 0 Å². The van der Waals surface area contributed by atoms with E-state index >= 15 is 0 Å². The summed E-state index contributed by atoms with van der Waals surface area (Å²) in [6, 6.07) is 2.69. The van der Waals surface area contributed by atoms with Crippen molar-refractivity contribution < 1.29 is 12.8 Å². The minimum Gasteiger partial charge on any atom is -0.399 e. The van der Waals surface area contributed by atoms with Gasteiger partial charge in [-0.05, 0) is 40.0 Å². The van der Waals surface area contributed by atoms with Gasteiger partial charge in [-0.1, -0.05) is 0 Å². The smallest absolute Gasteiger partial charge is 0.243 e. The standard InChI is InChI=1S/C14H22FN3O2S/c1-9-7-18(8-10(2)17(9)4)21(19,20)14-6-12(16)5-13(15)11(14)3/h5-6,9-10H,7-8,16H2,1-4H3. The summed E-state index contributed by atoms with van der Waals surface area (Å²) in [6.07, 6.45) is 0. The number of hydrogen-bond donors (Lipinski definition) is 1. The molecule has 118 valence electrons. The minimum atomic E-state index is -3.74. The van der Waals surface area contributed by atoms with E-state index in [4.69, 9.17) is 5.73 Å². The molecule has 0 amide bonds. The summed E-state index contributed by atoms with van der Waals surface area (Å²) < 4.78 is 40.8. The van der Waals surface area contributed by atoms with Crippen molar-refractivity contribution in [1.29, 1.82) is 0 Å². The van der Waals surface area contributed by atoms with Gasteiger partial charge in [-0.2, -0.15) is 4.31 Å². The molecular formula is C14H22FN3O2S. The van der Waals surface area contributed by atoms with Gasteiger partial charge < -0.3 is 5.73 Å². The highest BCUT2D eigenvalue weighted by molar-refractivity contribution is 7.89. The third-order valence-electron chi connectivity index (χ3n) is 4.26. The lowest BCUT2D eigenvalue weighted by Crippen LogP contribution is -2.56. The number of halogens is 1. The van der Waals surface area contributed by atoms with E-state index in [-0.39, 0.29) is 28.2 Å². The Morgan fingerprint density at radius 2 is 1.76 bits per heavy atom. The molecule has 0 spiro atoms. The van der Waals surface area contributed by atoms with Gasteiger partial charge in [-0.3, -0.25) is 4.90 Å². The zero-order valence-corrected chi connectivity index (χ0v) is 13.6. The number of nitrogens with two attached hydrogens (primary N) is 1. The van der Waals surface area contributed by atoms with E-state index in [0.29, 0.717) is 13.1 Å². The van der Waals surface area contributed by atoms with Crippen molar-refractivity contribution in [2.45, 2.75) is 37.8 Å². The number of nitrogen functional groups attached to an aromatic ring is 1. The van der Waals surface area contributed by atoms with Gasteiger partial charge in [0.2, 0.25) is 10.0 Å². The van der Waals surface area contributed by atoms with Gasteiger partial charge in [0.1, 0.15) is 5.82 Å². The number of likely N-dealkylation sites (N-methyl/N-ethyl adjacent to an activating group) is 1. The number of hydrogen-bond acceptors (Lipinski definition) is 4. The van der Waals surface area contributed by atoms with Gasteiger partial charge in [0.25, 0.3) is 0 Å². The number of piperazine rings is 1. The van der Waals surface area contributed by atoms with Crippen molar-refractivity contribution in [3.05, 3.63) is 23.5 Å². The van der Waals surface area contributed by atoms with E-state index in [9.17, 15) is 12.8 Å². The third kappa shape index (κ3) is 2.90. The van der Waals surface area contributed by atoms with Gasteiger partial charge in [0.05, 0.1) is 4.90 Å². The SMILES string of the molecule is Cc1c(F)cc(N)cc1S(=O)(=O)N1CC(C)N(C)C(C)C1. The molecule has 2 rings (SSSR count). The Morgan fingerprint density at radius 3 is 2.29 bits per heavy atom. The molecule has 2 N–H and O–H groups in total. The highest BCUT2D eigenvalue weighted by Crippen LogP contribution is 2.27. The average molecular weight is 315 g/mol. The lowest BCUT2D eigenvalue weighted by molar-refractivity contribution is 0.105. The summed E-state index contributed by atoms with van der Waals surface area (Å²) in [5, 5.41) is 0. The zero-order chi connectivity index (χ0) is 15.9.